The number of benzene rings is 3. The molecule has 0 spiro atoms. The van der Waals surface area contributed by atoms with E-state index in [4.69, 9.17) is 21.1 Å². The molecule has 1 N–H and O–H groups in total. The average molecular weight is 670 g/mol. The zero-order valence-corrected chi connectivity index (χ0v) is 24.4. The van der Waals surface area contributed by atoms with Crippen molar-refractivity contribution in [3.05, 3.63) is 91.8 Å². The van der Waals surface area contributed by atoms with Gasteiger partial charge in [-0.15, -0.1) is 0 Å². The van der Waals surface area contributed by atoms with Gasteiger partial charge in [0, 0.05) is 15.2 Å². The fraction of sp³-hybridized carbons (Fsp3) is 0.179. The summed E-state index contributed by atoms with van der Waals surface area (Å²) in [6.07, 6.45) is -3.11. The van der Waals surface area contributed by atoms with Crippen molar-refractivity contribution in [3.63, 3.8) is 0 Å². The van der Waals surface area contributed by atoms with E-state index in [-0.39, 0.29) is 17.2 Å². The van der Waals surface area contributed by atoms with Gasteiger partial charge in [-0.3, -0.25) is 19.3 Å². The Bertz CT molecular complexity index is 1520. The predicted octanol–water partition coefficient (Wildman–Crippen LogP) is 7.77. The Hall–Kier alpha value is -3.48. The van der Waals surface area contributed by atoms with E-state index in [0.717, 1.165) is 28.7 Å². The number of hydrogen-bond acceptors (Lipinski definition) is 6. The molecule has 0 unspecified atom stereocenters. The van der Waals surface area contributed by atoms with Crippen LogP contribution in [0.3, 0.4) is 0 Å². The van der Waals surface area contributed by atoms with Crippen molar-refractivity contribution < 1.29 is 37.0 Å². The second-order valence-electron chi connectivity index (χ2n) is 8.56. The number of rotatable bonds is 9. The van der Waals surface area contributed by atoms with Gasteiger partial charge < -0.3 is 14.8 Å². The van der Waals surface area contributed by atoms with E-state index < -0.39 is 35.3 Å². The maximum atomic E-state index is 13.0. The molecule has 4 rings (SSSR count). The van der Waals surface area contributed by atoms with Gasteiger partial charge in [0.15, 0.2) is 11.5 Å². The Morgan fingerprint density at radius 2 is 1.78 bits per heavy atom. The standard InChI is InChI=1S/C28H21BrClF3N2O5S/c1-2-39-22-10-17(21(29)13-23(22)40-15-16-6-8-19(30)9-7-16)11-24-26(37)35(27(38)41-24)14-25(36)34-20-5-3-4-18(12-20)28(31,32)33/h3-13H,2,14-15H2,1H3,(H,34,36)/b24-11-. The molecule has 1 fully saturated rings. The lowest BCUT2D eigenvalue weighted by molar-refractivity contribution is -0.137. The number of imide groups is 1. The van der Waals surface area contributed by atoms with Crippen LogP contribution in [0.5, 0.6) is 11.5 Å². The van der Waals surface area contributed by atoms with Crippen molar-refractivity contribution in [3.8, 4) is 11.5 Å². The summed E-state index contributed by atoms with van der Waals surface area (Å²) in [5, 5.41) is 2.21. The van der Waals surface area contributed by atoms with Crippen LogP contribution in [-0.2, 0) is 22.4 Å². The van der Waals surface area contributed by atoms with Crippen molar-refractivity contribution in [1.82, 2.24) is 4.90 Å². The maximum Gasteiger partial charge on any atom is 0.416 e. The normalized spacial score (nSPS) is 14.5. The zero-order chi connectivity index (χ0) is 29.7. The highest BCUT2D eigenvalue weighted by atomic mass is 79.9. The Morgan fingerprint density at radius 3 is 2.46 bits per heavy atom. The molecular weight excluding hydrogens is 649 g/mol. The molecule has 1 heterocycles. The Kier molecular flexibility index (Phi) is 9.67. The summed E-state index contributed by atoms with van der Waals surface area (Å²) in [6.45, 7) is 1.74. The van der Waals surface area contributed by atoms with E-state index >= 15 is 0 Å². The van der Waals surface area contributed by atoms with Crippen LogP contribution in [0, 0.1) is 0 Å². The van der Waals surface area contributed by atoms with Crippen LogP contribution in [0.25, 0.3) is 6.08 Å². The molecule has 7 nitrogen and oxygen atoms in total. The van der Waals surface area contributed by atoms with E-state index in [0.29, 0.717) is 44.9 Å². The van der Waals surface area contributed by atoms with Gasteiger partial charge >= 0.3 is 6.18 Å². The van der Waals surface area contributed by atoms with Gasteiger partial charge in [0.1, 0.15) is 13.2 Å². The summed E-state index contributed by atoms with van der Waals surface area (Å²) in [5.74, 6) is -0.678. The second kappa shape index (κ2) is 13.0. The largest absolute Gasteiger partial charge is 0.490 e. The Labute approximate surface area is 250 Å². The number of amides is 3. The van der Waals surface area contributed by atoms with Gasteiger partial charge in [-0.25, -0.2) is 0 Å². The zero-order valence-electron chi connectivity index (χ0n) is 21.3. The minimum atomic E-state index is -4.59. The van der Waals surface area contributed by atoms with Gasteiger partial charge in [0.2, 0.25) is 5.91 Å². The van der Waals surface area contributed by atoms with Crippen molar-refractivity contribution in [2.45, 2.75) is 19.7 Å². The average Bonchev–Trinajstić information content (AvgIpc) is 3.17. The summed E-state index contributed by atoms with van der Waals surface area (Å²) < 4.78 is 51.1. The molecule has 0 aromatic heterocycles. The number of halogens is 5. The molecule has 0 atom stereocenters. The van der Waals surface area contributed by atoms with E-state index in [2.05, 4.69) is 21.2 Å². The SMILES string of the molecule is CCOc1cc(/C=C2\SC(=O)N(CC(=O)Nc3cccc(C(F)(F)F)c3)C2=O)c(Br)cc1OCc1ccc(Cl)cc1. The van der Waals surface area contributed by atoms with Gasteiger partial charge in [0.05, 0.1) is 17.1 Å². The molecule has 3 amide bonds. The first-order valence-corrected chi connectivity index (χ1v) is 14.0. The smallest absolute Gasteiger partial charge is 0.416 e. The molecule has 3 aromatic rings. The quantitative estimate of drug-likeness (QED) is 0.235. The van der Waals surface area contributed by atoms with Crippen LogP contribution in [0.2, 0.25) is 5.02 Å². The van der Waals surface area contributed by atoms with E-state index in [1.54, 1.807) is 31.2 Å². The molecule has 41 heavy (non-hydrogen) atoms. The monoisotopic (exact) mass is 668 g/mol. The number of carbonyl (C=O) groups excluding carboxylic acids is 3. The molecule has 0 bridgehead atoms. The number of ether oxygens (including phenoxy) is 2. The number of anilines is 1. The lowest BCUT2D eigenvalue weighted by Gasteiger charge is -2.14. The van der Waals surface area contributed by atoms with Crippen LogP contribution in [0.15, 0.2) is 70.0 Å². The highest BCUT2D eigenvalue weighted by molar-refractivity contribution is 9.10. The third kappa shape index (κ3) is 7.84. The fourth-order valence-electron chi connectivity index (χ4n) is 3.68. The topological polar surface area (TPSA) is 84.9 Å². The maximum absolute atomic E-state index is 13.0. The van der Waals surface area contributed by atoms with Crippen molar-refractivity contribution >= 4 is 68.1 Å². The van der Waals surface area contributed by atoms with Gasteiger partial charge in [-0.05, 0) is 78.4 Å². The molecule has 1 aliphatic rings. The highest BCUT2D eigenvalue weighted by Gasteiger charge is 2.37. The highest BCUT2D eigenvalue weighted by Crippen LogP contribution is 2.38. The molecule has 214 valence electrons. The number of hydrogen-bond donors (Lipinski definition) is 1. The molecule has 13 heteroatoms. The van der Waals surface area contributed by atoms with Gasteiger partial charge in [-0.2, -0.15) is 13.2 Å². The number of nitrogens with one attached hydrogen (secondary N) is 1. The molecule has 0 radical (unpaired) electrons. The number of alkyl halides is 3. The molecule has 1 aliphatic heterocycles. The lowest BCUT2D eigenvalue weighted by atomic mass is 10.1. The third-order valence-corrected chi connectivity index (χ3v) is 7.45. The summed E-state index contributed by atoms with van der Waals surface area (Å²) in [4.78, 5) is 38.8. The first-order valence-electron chi connectivity index (χ1n) is 12.0. The summed E-state index contributed by atoms with van der Waals surface area (Å²) in [5.41, 5.74) is 0.356. The number of carbonyl (C=O) groups is 3. The van der Waals surface area contributed by atoms with E-state index in [1.165, 1.54) is 12.1 Å². The van der Waals surface area contributed by atoms with Crippen LogP contribution in [-0.4, -0.2) is 35.1 Å². The first-order chi connectivity index (χ1) is 19.4. The fourth-order valence-corrected chi connectivity index (χ4v) is 5.07. The summed E-state index contributed by atoms with van der Waals surface area (Å²) >= 11 is 10.0. The predicted molar refractivity (Wildman–Crippen MR) is 154 cm³/mol. The van der Waals surface area contributed by atoms with Crippen LogP contribution in [0.4, 0.5) is 23.7 Å². The molecule has 1 saturated heterocycles. The minimum absolute atomic E-state index is 0.0554. The Morgan fingerprint density at radius 1 is 1.07 bits per heavy atom. The van der Waals surface area contributed by atoms with Gasteiger partial charge in [0.25, 0.3) is 11.1 Å². The van der Waals surface area contributed by atoms with E-state index in [9.17, 15) is 27.6 Å². The number of thioether (sulfide) groups is 1. The number of nitrogens with zero attached hydrogens (tertiary/aromatic N) is 1. The molecule has 0 saturated carbocycles. The van der Waals surface area contributed by atoms with Crippen LogP contribution >= 0.6 is 39.3 Å². The van der Waals surface area contributed by atoms with Crippen molar-refractivity contribution in [1.29, 1.82) is 0 Å². The molecular formula is C28H21BrClF3N2O5S. The van der Waals surface area contributed by atoms with Crippen molar-refractivity contribution in [2.24, 2.45) is 0 Å². The molecule has 3 aromatic carbocycles. The van der Waals surface area contributed by atoms with Crippen molar-refractivity contribution in [2.75, 3.05) is 18.5 Å². The van der Waals surface area contributed by atoms with Crippen LogP contribution in [0.1, 0.15) is 23.6 Å². The third-order valence-electron chi connectivity index (χ3n) is 5.61. The lowest BCUT2D eigenvalue weighted by Crippen LogP contribution is -2.36. The summed E-state index contributed by atoms with van der Waals surface area (Å²) in [6, 6.07) is 14.6. The minimum Gasteiger partial charge on any atom is -0.490 e. The second-order valence-corrected chi connectivity index (χ2v) is 10.8. The van der Waals surface area contributed by atoms with Gasteiger partial charge in [-0.1, -0.05) is 45.7 Å². The van der Waals surface area contributed by atoms with E-state index in [1.807, 2.05) is 12.1 Å². The van der Waals surface area contributed by atoms with Crippen LogP contribution < -0.4 is 14.8 Å². The molecule has 0 aliphatic carbocycles. The first kappa shape index (κ1) is 30.5. The Balaban J connectivity index is 1.47. The summed E-state index contributed by atoms with van der Waals surface area (Å²) in [7, 11) is 0.